The van der Waals surface area contributed by atoms with Crippen molar-refractivity contribution in [1.82, 2.24) is 10.2 Å². The molecule has 0 bridgehead atoms. The van der Waals surface area contributed by atoms with E-state index in [0.29, 0.717) is 11.3 Å². The molecule has 2 aliphatic rings. The van der Waals surface area contributed by atoms with Gasteiger partial charge in [0.15, 0.2) is 0 Å². The molecule has 1 N–H and O–H groups in total. The molecule has 0 aromatic heterocycles. The number of amides is 2. The molecule has 2 amide bonds. The third kappa shape index (κ3) is 6.00. The number of halogens is 2. The highest BCUT2D eigenvalue weighted by Crippen LogP contribution is 2.44. The molecule has 2 unspecified atom stereocenters. The Morgan fingerprint density at radius 2 is 1.74 bits per heavy atom. The maximum Gasteiger partial charge on any atom is 0.356 e. The van der Waals surface area contributed by atoms with E-state index in [1.54, 1.807) is 48.5 Å². The molecule has 3 aromatic carbocycles. The quantitative estimate of drug-likeness (QED) is 0.269. The lowest BCUT2D eigenvalue weighted by Gasteiger charge is -2.49. The fraction of sp³-hybridized carbons (Fsp3) is 0.207. The van der Waals surface area contributed by atoms with Crippen molar-refractivity contribution in [2.75, 3.05) is 12.9 Å². The van der Waals surface area contributed by atoms with Gasteiger partial charge in [-0.2, -0.15) is 0 Å². The number of rotatable bonds is 9. The Hall–Kier alpha value is -3.51. The molecule has 9 nitrogen and oxygen atoms in total. The van der Waals surface area contributed by atoms with Crippen LogP contribution in [0.25, 0.3) is 0 Å². The number of esters is 1. The monoisotopic (exact) mass is 646 g/mol. The Morgan fingerprint density at radius 3 is 2.43 bits per heavy atom. The largest absolute Gasteiger partial charge is 0.497 e. The minimum atomic E-state index is -4.38. The minimum absolute atomic E-state index is 0.0570. The summed E-state index contributed by atoms with van der Waals surface area (Å²) in [6, 6.07) is 18.8. The summed E-state index contributed by atoms with van der Waals surface area (Å²) in [5, 5.41) is 2.04. The van der Waals surface area contributed by atoms with Crippen LogP contribution in [-0.2, 0) is 42.0 Å². The maximum atomic E-state index is 13.8. The van der Waals surface area contributed by atoms with Gasteiger partial charge in [-0.1, -0.05) is 65.7 Å². The number of fused-ring (bicyclic) bond motifs is 1. The minimum Gasteiger partial charge on any atom is -0.497 e. The van der Waals surface area contributed by atoms with Crippen molar-refractivity contribution >= 4 is 62.6 Å². The van der Waals surface area contributed by atoms with Crippen LogP contribution in [0.3, 0.4) is 0 Å². The number of β-lactam (4-membered cyclic amide) rings is 1. The van der Waals surface area contributed by atoms with Crippen LogP contribution in [-0.4, -0.2) is 55.4 Å². The van der Waals surface area contributed by atoms with Gasteiger partial charge in [0, 0.05) is 10.8 Å². The van der Waals surface area contributed by atoms with Crippen molar-refractivity contribution < 1.29 is 32.3 Å². The van der Waals surface area contributed by atoms with Crippen molar-refractivity contribution in [3.63, 3.8) is 0 Å². The molecular formula is C29H24Cl2N2O7S2. The standard InChI is InChI=1S/C29H24Cl2N2O7S2/c1-39-20-10-7-18(8-11-20)15-40-29(36)26-23(42(37,38)22-14-19(30)9-12-21(22)31)16-41-28-25(27(35)33(26)28)32-24(34)13-17-5-3-2-4-6-17/h2-12,14,25,28H,13,15-16H2,1H3,(H,32,34). The molecule has 1 fully saturated rings. The van der Waals surface area contributed by atoms with Gasteiger partial charge >= 0.3 is 5.97 Å². The van der Waals surface area contributed by atoms with Gasteiger partial charge in [0.25, 0.3) is 5.91 Å². The SMILES string of the molecule is COc1ccc(COC(=O)C2=C(S(=O)(=O)c3cc(Cl)ccc3Cl)CSC3C(NC(=O)Cc4ccccc4)C(=O)N23)cc1. The number of benzene rings is 3. The van der Waals surface area contributed by atoms with E-state index in [4.69, 9.17) is 32.7 Å². The molecule has 218 valence electrons. The summed E-state index contributed by atoms with van der Waals surface area (Å²) in [6.07, 6.45) is 0.0570. The van der Waals surface area contributed by atoms with Crippen molar-refractivity contribution in [3.05, 3.63) is 105 Å². The topological polar surface area (TPSA) is 119 Å². The number of nitrogens with zero attached hydrogens (tertiary/aromatic N) is 1. The Labute approximate surface area is 256 Å². The van der Waals surface area contributed by atoms with E-state index in [9.17, 15) is 22.8 Å². The Bertz CT molecular complexity index is 1680. The molecule has 2 atom stereocenters. The molecule has 42 heavy (non-hydrogen) atoms. The smallest absolute Gasteiger partial charge is 0.356 e. The zero-order valence-corrected chi connectivity index (χ0v) is 25.2. The highest BCUT2D eigenvalue weighted by molar-refractivity contribution is 8.02. The molecule has 2 heterocycles. The molecule has 3 aromatic rings. The second-order valence-corrected chi connectivity index (χ2v) is 13.3. The third-order valence-electron chi connectivity index (χ3n) is 6.69. The third-order valence-corrected chi connectivity index (χ3v) is 10.7. The van der Waals surface area contributed by atoms with Gasteiger partial charge < -0.3 is 14.8 Å². The lowest BCUT2D eigenvalue weighted by Crippen LogP contribution is -2.70. The average molecular weight is 648 g/mol. The van der Waals surface area contributed by atoms with E-state index in [0.717, 1.165) is 22.2 Å². The van der Waals surface area contributed by atoms with Crippen LogP contribution >= 0.6 is 35.0 Å². The number of methoxy groups -OCH3 is 1. The van der Waals surface area contributed by atoms with E-state index < -0.39 is 38.8 Å². The summed E-state index contributed by atoms with van der Waals surface area (Å²) in [5.74, 6) is -1.57. The first-order valence-corrected chi connectivity index (χ1v) is 15.9. The summed E-state index contributed by atoms with van der Waals surface area (Å²) in [6.45, 7) is -0.186. The molecule has 0 spiro atoms. The van der Waals surface area contributed by atoms with E-state index in [1.165, 1.54) is 25.3 Å². The molecule has 13 heteroatoms. The second kappa shape index (κ2) is 12.4. The van der Waals surface area contributed by atoms with Gasteiger partial charge in [0.2, 0.25) is 15.7 Å². The van der Waals surface area contributed by atoms with Crippen LogP contribution in [0.2, 0.25) is 10.0 Å². The van der Waals surface area contributed by atoms with E-state index >= 15 is 0 Å². The van der Waals surface area contributed by atoms with E-state index in [-0.39, 0.29) is 44.5 Å². The van der Waals surface area contributed by atoms with Crippen LogP contribution in [0.5, 0.6) is 5.75 Å². The molecular weight excluding hydrogens is 623 g/mol. The number of sulfone groups is 1. The van der Waals surface area contributed by atoms with Crippen LogP contribution in [0.4, 0.5) is 0 Å². The number of carbonyl (C=O) groups is 3. The van der Waals surface area contributed by atoms with Crippen molar-refractivity contribution in [3.8, 4) is 5.75 Å². The zero-order chi connectivity index (χ0) is 30.0. The van der Waals surface area contributed by atoms with Crippen LogP contribution in [0.15, 0.2) is 88.3 Å². The lowest BCUT2D eigenvalue weighted by atomic mass is 10.0. The van der Waals surface area contributed by atoms with Gasteiger partial charge in [-0.05, 0) is 41.5 Å². The number of thioether (sulfide) groups is 1. The lowest BCUT2D eigenvalue weighted by molar-refractivity contribution is -0.153. The van der Waals surface area contributed by atoms with Gasteiger partial charge in [0.05, 0.1) is 28.4 Å². The first kappa shape index (κ1) is 30.0. The number of carbonyl (C=O) groups excluding carboxylic acids is 3. The number of hydrogen-bond acceptors (Lipinski definition) is 8. The van der Waals surface area contributed by atoms with Gasteiger partial charge in [-0.25, -0.2) is 13.2 Å². The second-order valence-electron chi connectivity index (χ2n) is 9.39. The van der Waals surface area contributed by atoms with Crippen molar-refractivity contribution in [2.45, 2.75) is 29.3 Å². The van der Waals surface area contributed by atoms with Crippen LogP contribution in [0, 0.1) is 0 Å². The zero-order valence-electron chi connectivity index (χ0n) is 22.1. The molecule has 1 saturated heterocycles. The Balaban J connectivity index is 1.44. The fourth-order valence-corrected chi connectivity index (χ4v) is 8.53. The van der Waals surface area contributed by atoms with Gasteiger partial charge in [-0.15, -0.1) is 11.8 Å². The average Bonchev–Trinajstić information content (AvgIpc) is 2.99. The molecule has 5 rings (SSSR count). The number of hydrogen-bond donors (Lipinski definition) is 1. The number of ether oxygens (including phenoxy) is 2. The first-order valence-electron chi connectivity index (χ1n) is 12.6. The summed E-state index contributed by atoms with van der Waals surface area (Å²) >= 11 is 13.4. The Kier molecular flexibility index (Phi) is 8.84. The fourth-order valence-electron chi connectivity index (χ4n) is 4.55. The highest BCUT2D eigenvalue weighted by Gasteiger charge is 2.56. The number of nitrogens with one attached hydrogen (secondary N) is 1. The molecule has 2 aliphatic heterocycles. The van der Waals surface area contributed by atoms with Crippen LogP contribution < -0.4 is 10.1 Å². The predicted molar refractivity (Wildman–Crippen MR) is 159 cm³/mol. The van der Waals surface area contributed by atoms with Crippen LogP contribution in [0.1, 0.15) is 11.1 Å². The van der Waals surface area contributed by atoms with Crippen molar-refractivity contribution in [1.29, 1.82) is 0 Å². The van der Waals surface area contributed by atoms with E-state index in [2.05, 4.69) is 5.32 Å². The molecule has 0 saturated carbocycles. The normalized spacial score (nSPS) is 18.2. The highest BCUT2D eigenvalue weighted by atomic mass is 35.5. The maximum absolute atomic E-state index is 13.8. The van der Waals surface area contributed by atoms with Gasteiger partial charge in [-0.3, -0.25) is 14.5 Å². The summed E-state index contributed by atoms with van der Waals surface area (Å²) in [4.78, 5) is 40.0. The summed E-state index contributed by atoms with van der Waals surface area (Å²) < 4.78 is 38.3. The molecule has 0 radical (unpaired) electrons. The molecule has 0 aliphatic carbocycles. The van der Waals surface area contributed by atoms with E-state index in [1.807, 2.05) is 6.07 Å². The summed E-state index contributed by atoms with van der Waals surface area (Å²) in [5.41, 5.74) is 0.973. The Morgan fingerprint density at radius 1 is 1.02 bits per heavy atom. The predicted octanol–water partition coefficient (Wildman–Crippen LogP) is 4.37. The first-order chi connectivity index (χ1) is 20.1. The summed E-state index contributed by atoms with van der Waals surface area (Å²) in [7, 11) is -2.86. The van der Waals surface area contributed by atoms with Crippen molar-refractivity contribution in [2.24, 2.45) is 0 Å². The van der Waals surface area contributed by atoms with Gasteiger partial charge in [0.1, 0.15) is 29.5 Å².